The summed E-state index contributed by atoms with van der Waals surface area (Å²) in [5.74, 6) is 0.719. The molecule has 4 heteroatoms. The summed E-state index contributed by atoms with van der Waals surface area (Å²) in [4.78, 5) is 6.39. The summed E-state index contributed by atoms with van der Waals surface area (Å²) in [5.41, 5.74) is 0.827. The van der Waals surface area contributed by atoms with Gasteiger partial charge in [-0.3, -0.25) is 4.98 Å². The second kappa shape index (κ2) is 8.06. The van der Waals surface area contributed by atoms with E-state index in [0.717, 1.165) is 37.4 Å². The van der Waals surface area contributed by atoms with E-state index in [9.17, 15) is 5.11 Å². The van der Waals surface area contributed by atoms with Gasteiger partial charge < -0.3 is 14.7 Å². The Bertz CT molecular complexity index is 340. The minimum Gasteiger partial charge on any atom is -0.492 e. The van der Waals surface area contributed by atoms with Crippen LogP contribution in [0.15, 0.2) is 18.5 Å². The van der Waals surface area contributed by atoms with Crippen LogP contribution in [-0.2, 0) is 0 Å². The Morgan fingerprint density at radius 3 is 2.61 bits per heavy atom. The van der Waals surface area contributed by atoms with Crippen molar-refractivity contribution in [1.29, 1.82) is 0 Å². The number of ether oxygens (including phenoxy) is 1. The number of pyridine rings is 1. The SMILES string of the molecule is CCOc1cncc(C(O)CCN(CC)CC)c1. The molecule has 1 atom stereocenters. The first-order valence-corrected chi connectivity index (χ1v) is 6.69. The van der Waals surface area contributed by atoms with E-state index in [1.54, 1.807) is 12.4 Å². The number of nitrogens with zero attached hydrogens (tertiary/aromatic N) is 2. The summed E-state index contributed by atoms with van der Waals surface area (Å²) in [6, 6.07) is 1.86. The van der Waals surface area contributed by atoms with Gasteiger partial charge in [-0.1, -0.05) is 13.8 Å². The maximum Gasteiger partial charge on any atom is 0.137 e. The maximum absolute atomic E-state index is 10.1. The number of aliphatic hydroxyl groups excluding tert-OH is 1. The van der Waals surface area contributed by atoms with Crippen LogP contribution in [0.3, 0.4) is 0 Å². The molecule has 0 aliphatic rings. The second-order valence-corrected chi connectivity index (χ2v) is 4.22. The smallest absolute Gasteiger partial charge is 0.137 e. The van der Waals surface area contributed by atoms with Crippen LogP contribution in [-0.4, -0.2) is 41.2 Å². The van der Waals surface area contributed by atoms with Gasteiger partial charge in [-0.2, -0.15) is 0 Å². The van der Waals surface area contributed by atoms with Crippen LogP contribution in [0.25, 0.3) is 0 Å². The van der Waals surface area contributed by atoms with Gasteiger partial charge in [0.1, 0.15) is 5.75 Å². The minimum atomic E-state index is -0.474. The van der Waals surface area contributed by atoms with Crippen molar-refractivity contribution in [2.45, 2.75) is 33.3 Å². The normalized spacial score (nSPS) is 12.7. The molecule has 0 fully saturated rings. The highest BCUT2D eigenvalue weighted by molar-refractivity contribution is 5.25. The highest BCUT2D eigenvalue weighted by atomic mass is 16.5. The zero-order chi connectivity index (χ0) is 13.4. The number of hydrogen-bond donors (Lipinski definition) is 1. The third-order valence-corrected chi connectivity index (χ3v) is 3.04. The van der Waals surface area contributed by atoms with Gasteiger partial charge in [-0.15, -0.1) is 0 Å². The van der Waals surface area contributed by atoms with Gasteiger partial charge in [-0.25, -0.2) is 0 Å². The van der Waals surface area contributed by atoms with Crippen molar-refractivity contribution in [3.63, 3.8) is 0 Å². The largest absolute Gasteiger partial charge is 0.492 e. The van der Waals surface area contributed by atoms with Gasteiger partial charge in [0.25, 0.3) is 0 Å². The molecule has 0 aliphatic heterocycles. The molecule has 1 heterocycles. The van der Waals surface area contributed by atoms with Crippen molar-refractivity contribution in [2.24, 2.45) is 0 Å². The zero-order valence-corrected chi connectivity index (χ0v) is 11.6. The molecule has 1 unspecified atom stereocenters. The van der Waals surface area contributed by atoms with Crippen LogP contribution < -0.4 is 4.74 Å². The average molecular weight is 252 g/mol. The molecule has 18 heavy (non-hydrogen) atoms. The molecule has 0 aliphatic carbocycles. The molecule has 0 saturated heterocycles. The predicted molar refractivity (Wildman–Crippen MR) is 72.8 cm³/mol. The quantitative estimate of drug-likeness (QED) is 0.770. The lowest BCUT2D eigenvalue weighted by Gasteiger charge is -2.20. The number of rotatable bonds is 8. The third kappa shape index (κ3) is 4.63. The zero-order valence-electron chi connectivity index (χ0n) is 11.6. The van der Waals surface area contributed by atoms with Crippen molar-refractivity contribution < 1.29 is 9.84 Å². The van der Waals surface area contributed by atoms with Gasteiger partial charge in [-0.05, 0) is 32.5 Å². The van der Waals surface area contributed by atoms with Crippen LogP contribution in [0.2, 0.25) is 0 Å². The Kier molecular flexibility index (Phi) is 6.68. The van der Waals surface area contributed by atoms with Crippen molar-refractivity contribution in [3.05, 3.63) is 24.0 Å². The highest BCUT2D eigenvalue weighted by Gasteiger charge is 2.10. The van der Waals surface area contributed by atoms with Crippen molar-refractivity contribution in [2.75, 3.05) is 26.2 Å². The fraction of sp³-hybridized carbons (Fsp3) is 0.643. The Hall–Kier alpha value is -1.13. The fourth-order valence-electron chi connectivity index (χ4n) is 1.87. The highest BCUT2D eigenvalue weighted by Crippen LogP contribution is 2.20. The molecule has 0 bridgehead atoms. The van der Waals surface area contributed by atoms with Gasteiger partial charge in [0.15, 0.2) is 0 Å². The Labute approximate surface area is 110 Å². The first kappa shape index (κ1) is 14.9. The van der Waals surface area contributed by atoms with E-state index in [1.165, 1.54) is 0 Å². The van der Waals surface area contributed by atoms with Crippen LogP contribution in [0.4, 0.5) is 0 Å². The maximum atomic E-state index is 10.1. The third-order valence-electron chi connectivity index (χ3n) is 3.04. The van der Waals surface area contributed by atoms with E-state index in [-0.39, 0.29) is 0 Å². The number of aromatic nitrogens is 1. The van der Waals surface area contributed by atoms with E-state index >= 15 is 0 Å². The molecule has 1 N–H and O–H groups in total. The molecule has 1 aromatic rings. The van der Waals surface area contributed by atoms with E-state index < -0.39 is 6.10 Å². The minimum absolute atomic E-state index is 0.474. The van der Waals surface area contributed by atoms with E-state index in [4.69, 9.17) is 4.74 Å². The molecule has 0 aromatic carbocycles. The summed E-state index contributed by atoms with van der Waals surface area (Å²) >= 11 is 0. The average Bonchev–Trinajstić information content (AvgIpc) is 2.40. The molecular formula is C14H24N2O2. The standard InChI is InChI=1S/C14H24N2O2/c1-4-16(5-2)8-7-14(17)12-9-13(18-6-3)11-15-10-12/h9-11,14,17H,4-8H2,1-3H3. The lowest BCUT2D eigenvalue weighted by atomic mass is 10.1. The summed E-state index contributed by atoms with van der Waals surface area (Å²) in [5, 5.41) is 10.1. The second-order valence-electron chi connectivity index (χ2n) is 4.22. The molecule has 1 aromatic heterocycles. The van der Waals surface area contributed by atoms with Crippen LogP contribution >= 0.6 is 0 Å². The summed E-state index contributed by atoms with van der Waals surface area (Å²) in [6.07, 6.45) is 3.62. The molecule has 0 radical (unpaired) electrons. The van der Waals surface area contributed by atoms with Crippen LogP contribution in [0.5, 0.6) is 5.75 Å². The lowest BCUT2D eigenvalue weighted by molar-refractivity contribution is 0.144. The Morgan fingerprint density at radius 2 is 2.00 bits per heavy atom. The topological polar surface area (TPSA) is 45.6 Å². The van der Waals surface area contributed by atoms with Gasteiger partial charge in [0.2, 0.25) is 0 Å². The van der Waals surface area contributed by atoms with Crippen LogP contribution in [0.1, 0.15) is 38.9 Å². The molecule has 102 valence electrons. The number of aliphatic hydroxyl groups is 1. The van der Waals surface area contributed by atoms with Crippen molar-refractivity contribution >= 4 is 0 Å². The van der Waals surface area contributed by atoms with E-state index in [0.29, 0.717) is 6.61 Å². The Morgan fingerprint density at radius 1 is 1.28 bits per heavy atom. The monoisotopic (exact) mass is 252 g/mol. The summed E-state index contributed by atoms with van der Waals surface area (Å²) in [7, 11) is 0. The van der Waals surface area contributed by atoms with Gasteiger partial charge >= 0.3 is 0 Å². The van der Waals surface area contributed by atoms with E-state index in [1.807, 2.05) is 13.0 Å². The van der Waals surface area contributed by atoms with Crippen molar-refractivity contribution in [3.8, 4) is 5.75 Å². The molecule has 0 saturated carbocycles. The van der Waals surface area contributed by atoms with Gasteiger partial charge in [0, 0.05) is 18.3 Å². The first-order valence-electron chi connectivity index (χ1n) is 6.69. The van der Waals surface area contributed by atoms with Crippen LogP contribution in [0, 0.1) is 0 Å². The first-order chi connectivity index (χ1) is 8.71. The Balaban J connectivity index is 2.54. The summed E-state index contributed by atoms with van der Waals surface area (Å²) in [6.45, 7) is 9.73. The molecule has 0 amide bonds. The molecule has 4 nitrogen and oxygen atoms in total. The molecule has 1 rings (SSSR count). The van der Waals surface area contributed by atoms with Gasteiger partial charge in [0.05, 0.1) is 18.9 Å². The molecule has 0 spiro atoms. The van der Waals surface area contributed by atoms with Crippen molar-refractivity contribution in [1.82, 2.24) is 9.88 Å². The summed E-state index contributed by atoms with van der Waals surface area (Å²) < 4.78 is 5.38. The lowest BCUT2D eigenvalue weighted by Crippen LogP contribution is -2.25. The van der Waals surface area contributed by atoms with E-state index in [2.05, 4.69) is 23.7 Å². The molecular weight excluding hydrogens is 228 g/mol. The fourth-order valence-corrected chi connectivity index (χ4v) is 1.87. The number of hydrogen-bond acceptors (Lipinski definition) is 4. The predicted octanol–water partition coefficient (Wildman–Crippen LogP) is 2.25.